The molecule has 70 heavy (non-hydrogen) atoms. The molecule has 6 heteroatoms. The van der Waals surface area contributed by atoms with Gasteiger partial charge in [0.1, 0.15) is 34.5 Å². The lowest BCUT2D eigenvalue weighted by Crippen LogP contribution is -2.23. The minimum absolute atomic E-state index is 0.150. The maximum absolute atomic E-state index is 12.5. The zero-order valence-electron chi connectivity index (χ0n) is 47.4. The molecule has 0 saturated carbocycles. The summed E-state index contributed by atoms with van der Waals surface area (Å²) in [5.41, 5.74) is 8.99. The fourth-order valence-corrected chi connectivity index (χ4v) is 9.55. The van der Waals surface area contributed by atoms with Crippen molar-refractivity contribution in [2.75, 3.05) is 0 Å². The van der Waals surface area contributed by atoms with E-state index in [1.807, 2.05) is 24.3 Å². The lowest BCUT2D eigenvalue weighted by molar-refractivity contribution is 0.219. The molecular formula is C64H90O6. The molecule has 0 aliphatic heterocycles. The van der Waals surface area contributed by atoms with Gasteiger partial charge in [-0.05, 0) is 139 Å². The highest BCUT2D eigenvalue weighted by Crippen LogP contribution is 2.51. The van der Waals surface area contributed by atoms with E-state index >= 15 is 0 Å². The smallest absolute Gasteiger partial charge is 0.156 e. The Labute approximate surface area is 423 Å². The molecule has 0 unspecified atom stereocenters. The molecule has 6 nitrogen and oxygen atoms in total. The number of ether oxygens (including phenoxy) is 2. The van der Waals surface area contributed by atoms with E-state index in [-0.39, 0.29) is 44.7 Å². The van der Waals surface area contributed by atoms with Crippen LogP contribution in [0.5, 0.6) is 34.5 Å². The molecule has 0 aromatic heterocycles. The summed E-state index contributed by atoms with van der Waals surface area (Å²) >= 11 is 0. The maximum Gasteiger partial charge on any atom is 0.156 e. The fraction of sp³-hybridized carbons (Fsp3) is 0.531. The summed E-state index contributed by atoms with van der Waals surface area (Å²) in [6, 6.07) is 20.7. The largest absolute Gasteiger partial charge is 0.507 e. The molecule has 0 amide bonds. The first-order chi connectivity index (χ1) is 32.0. The van der Waals surface area contributed by atoms with Gasteiger partial charge in [-0.25, -0.2) is 0 Å². The third-order valence-electron chi connectivity index (χ3n) is 14.0. The number of hydrogen-bond acceptors (Lipinski definition) is 6. The molecule has 5 rings (SSSR count). The highest BCUT2D eigenvalue weighted by molar-refractivity contribution is 5.60. The highest BCUT2D eigenvalue weighted by Gasteiger charge is 2.37. The second-order valence-electron chi connectivity index (χ2n) is 26.1. The molecule has 0 spiro atoms. The Morgan fingerprint density at radius 3 is 0.643 bits per heavy atom. The molecule has 0 fully saturated rings. The van der Waals surface area contributed by atoms with Crippen molar-refractivity contribution in [1.29, 1.82) is 0 Å². The van der Waals surface area contributed by atoms with Crippen molar-refractivity contribution < 1.29 is 29.9 Å². The Bertz CT molecular complexity index is 2360. The van der Waals surface area contributed by atoms with Gasteiger partial charge < -0.3 is 29.9 Å². The van der Waals surface area contributed by atoms with Gasteiger partial charge in [-0.15, -0.1) is 0 Å². The van der Waals surface area contributed by atoms with Gasteiger partial charge in [0, 0.05) is 33.4 Å². The minimum Gasteiger partial charge on any atom is -0.507 e. The lowest BCUT2D eigenvalue weighted by Gasteiger charge is -2.34. The maximum atomic E-state index is 12.5. The SMILES string of the molecule is CCc1cc(C(Oc2cc(C(C)(C)C)c(OC(c3cc(CC)cc(C(C)(C)C)c3O)c3cc(CC)cc(C(C)(C)C)c3O)cc2C(C)(C)C)c2cc(CC)cc(C(C)(C)C)c2O)c(O)c(C(C)(C)C)c1. The summed E-state index contributed by atoms with van der Waals surface area (Å²) in [5, 5.41) is 50.0. The van der Waals surface area contributed by atoms with Crippen LogP contribution in [0.25, 0.3) is 0 Å². The van der Waals surface area contributed by atoms with Crippen LogP contribution >= 0.6 is 0 Å². The van der Waals surface area contributed by atoms with Crippen LogP contribution in [0.4, 0.5) is 0 Å². The fourth-order valence-electron chi connectivity index (χ4n) is 9.55. The summed E-state index contributed by atoms with van der Waals surface area (Å²) < 4.78 is 15.1. The standard InChI is InChI=1S/C64H90O6/c1-23-37-27-41(53(65)47(31-37)61(11,12)13)57(42-28-38(24-2)32-48(54(42)66)62(14,15)16)69-51-35-46(60(8,9)10)52(36-45(51)59(5,6)7)70-58(43-29-39(25-3)33-49(55(43)67)63(17,18)19)44-30-40(26-4)34-50(56(44)68)64(20,21)22/h27-36,57-58,65-68H,23-26H2,1-22H3. The van der Waals surface area contributed by atoms with Crippen LogP contribution in [0.3, 0.4) is 0 Å². The van der Waals surface area contributed by atoms with E-state index in [2.05, 4.69) is 189 Å². The lowest BCUT2D eigenvalue weighted by atomic mass is 9.79. The molecule has 4 N–H and O–H groups in total. The van der Waals surface area contributed by atoms with E-state index in [1.54, 1.807) is 0 Å². The number of benzene rings is 5. The van der Waals surface area contributed by atoms with Gasteiger partial charge >= 0.3 is 0 Å². The molecule has 0 aliphatic rings. The Kier molecular flexibility index (Phi) is 15.8. The molecule has 382 valence electrons. The number of aromatic hydroxyl groups is 4. The van der Waals surface area contributed by atoms with Crippen LogP contribution in [0.1, 0.15) is 242 Å². The number of aryl methyl sites for hydroxylation is 4. The van der Waals surface area contributed by atoms with E-state index in [0.29, 0.717) is 33.8 Å². The Balaban J connectivity index is 1.95. The Morgan fingerprint density at radius 1 is 0.300 bits per heavy atom. The monoisotopic (exact) mass is 955 g/mol. The van der Waals surface area contributed by atoms with Crippen molar-refractivity contribution >= 4 is 0 Å². The molecular weight excluding hydrogens is 865 g/mol. The molecule has 5 aromatic rings. The first-order valence-electron chi connectivity index (χ1n) is 25.9. The number of phenolic OH excluding ortho intramolecular Hbond substituents is 4. The second kappa shape index (κ2) is 19.8. The summed E-state index contributed by atoms with van der Waals surface area (Å²) in [6.45, 7) is 46.7. The van der Waals surface area contributed by atoms with Crippen molar-refractivity contribution in [2.24, 2.45) is 0 Å². The highest BCUT2D eigenvalue weighted by atomic mass is 16.5. The van der Waals surface area contributed by atoms with E-state index in [9.17, 15) is 20.4 Å². The first kappa shape index (κ1) is 55.8. The van der Waals surface area contributed by atoms with Crippen molar-refractivity contribution in [1.82, 2.24) is 0 Å². The van der Waals surface area contributed by atoms with Gasteiger partial charge in [0.2, 0.25) is 0 Å². The Morgan fingerprint density at radius 2 is 0.486 bits per heavy atom. The normalized spacial score (nSPS) is 13.1. The van der Waals surface area contributed by atoms with Crippen LogP contribution < -0.4 is 9.47 Å². The third-order valence-corrected chi connectivity index (χ3v) is 14.0. The van der Waals surface area contributed by atoms with Crippen LogP contribution in [0.15, 0.2) is 60.7 Å². The van der Waals surface area contributed by atoms with E-state index < -0.39 is 23.0 Å². The quantitative estimate of drug-likeness (QED) is 0.0994. The van der Waals surface area contributed by atoms with Gasteiger partial charge in [0.05, 0.1) is 0 Å². The average molecular weight is 955 g/mol. The van der Waals surface area contributed by atoms with E-state index in [0.717, 1.165) is 81.3 Å². The summed E-state index contributed by atoms with van der Waals surface area (Å²) in [6.07, 6.45) is 1.15. The van der Waals surface area contributed by atoms with Crippen LogP contribution in [0, 0.1) is 0 Å². The molecule has 5 aromatic carbocycles. The van der Waals surface area contributed by atoms with E-state index in [1.165, 1.54) is 0 Å². The average Bonchev–Trinajstić information content (AvgIpc) is 3.23. The Hall–Kier alpha value is -5.10. The third kappa shape index (κ3) is 11.8. The molecule has 0 radical (unpaired) electrons. The number of rotatable bonds is 12. The molecule has 0 bridgehead atoms. The van der Waals surface area contributed by atoms with Gasteiger partial charge in [0.25, 0.3) is 0 Å². The summed E-state index contributed by atoms with van der Waals surface area (Å²) in [4.78, 5) is 0. The number of phenols is 4. The molecule has 0 heterocycles. The van der Waals surface area contributed by atoms with Crippen LogP contribution in [-0.4, -0.2) is 20.4 Å². The predicted molar refractivity (Wildman–Crippen MR) is 294 cm³/mol. The van der Waals surface area contributed by atoms with Crippen molar-refractivity contribution in [3.05, 3.63) is 139 Å². The van der Waals surface area contributed by atoms with Gasteiger partial charge in [-0.1, -0.05) is 177 Å². The zero-order chi connectivity index (χ0) is 53.0. The van der Waals surface area contributed by atoms with Gasteiger partial charge in [-0.2, -0.15) is 0 Å². The van der Waals surface area contributed by atoms with Crippen molar-refractivity contribution in [3.8, 4) is 34.5 Å². The van der Waals surface area contributed by atoms with Crippen LogP contribution in [-0.2, 0) is 58.2 Å². The molecule has 0 saturated heterocycles. The van der Waals surface area contributed by atoms with Crippen molar-refractivity contribution in [2.45, 2.75) is 223 Å². The minimum atomic E-state index is -0.914. The van der Waals surface area contributed by atoms with Gasteiger partial charge in [-0.3, -0.25) is 0 Å². The first-order valence-corrected chi connectivity index (χ1v) is 25.9. The summed E-state index contributed by atoms with van der Waals surface area (Å²) in [7, 11) is 0. The van der Waals surface area contributed by atoms with Gasteiger partial charge in [0.15, 0.2) is 12.2 Å². The zero-order valence-corrected chi connectivity index (χ0v) is 47.4. The van der Waals surface area contributed by atoms with E-state index in [4.69, 9.17) is 9.47 Å². The summed E-state index contributed by atoms with van der Waals surface area (Å²) in [5.74, 6) is 1.79. The predicted octanol–water partition coefficient (Wildman–Crippen LogP) is 16.9. The topological polar surface area (TPSA) is 99.4 Å². The molecule has 0 aliphatic carbocycles. The second-order valence-corrected chi connectivity index (χ2v) is 26.1. The molecule has 0 atom stereocenters. The van der Waals surface area contributed by atoms with Crippen molar-refractivity contribution in [3.63, 3.8) is 0 Å². The number of hydrogen-bond donors (Lipinski definition) is 4. The van der Waals surface area contributed by atoms with Crippen LogP contribution in [0.2, 0.25) is 0 Å².